The number of rotatable bonds is 0. The molecule has 18 heavy (non-hydrogen) atoms. The van der Waals surface area contributed by atoms with E-state index < -0.39 is 14.1 Å². The third kappa shape index (κ3) is 1.01. The lowest BCUT2D eigenvalue weighted by atomic mass is 9.73. The van der Waals surface area contributed by atoms with Gasteiger partial charge in [0.2, 0.25) is 0 Å². The summed E-state index contributed by atoms with van der Waals surface area (Å²) in [4.78, 5) is -2.03. The third-order valence-corrected chi connectivity index (χ3v) is 9.87. The lowest BCUT2D eigenvalue weighted by molar-refractivity contribution is 0.219. The first-order chi connectivity index (χ1) is 8.28. The summed E-state index contributed by atoms with van der Waals surface area (Å²) in [6.07, 6.45) is 3.48. The molecule has 0 nitrogen and oxygen atoms in total. The quantitative estimate of drug-likeness (QED) is 0.392. The van der Waals surface area contributed by atoms with E-state index in [0.29, 0.717) is 21.9 Å². The lowest BCUT2D eigenvalue weighted by Gasteiger charge is -2.39. The summed E-state index contributed by atoms with van der Waals surface area (Å²) < 4.78 is -1.33. The molecule has 0 aromatic heterocycles. The van der Waals surface area contributed by atoms with Crippen LogP contribution in [0.4, 0.5) is 0 Å². The molecule has 6 atom stereocenters. The van der Waals surface area contributed by atoms with Gasteiger partial charge in [-0.3, -0.25) is 0 Å². The Hall–Kier alpha value is 1.48. The van der Waals surface area contributed by atoms with Crippen molar-refractivity contribution in [1.82, 2.24) is 0 Å². The van der Waals surface area contributed by atoms with E-state index in [0.717, 1.165) is 6.42 Å². The summed E-state index contributed by atoms with van der Waals surface area (Å²) in [7, 11) is 0. The molecular weight excluding hydrogens is 357 g/mol. The molecule has 4 bridgehead atoms. The van der Waals surface area contributed by atoms with Crippen LogP contribution in [-0.4, -0.2) is 14.1 Å². The number of halogens is 6. The van der Waals surface area contributed by atoms with Crippen molar-refractivity contribution in [1.29, 1.82) is 0 Å². The van der Waals surface area contributed by atoms with Crippen LogP contribution < -0.4 is 0 Å². The van der Waals surface area contributed by atoms with Crippen LogP contribution in [0.2, 0.25) is 0 Å². The zero-order valence-electron chi connectivity index (χ0n) is 9.20. The van der Waals surface area contributed by atoms with E-state index in [1.54, 1.807) is 0 Å². The van der Waals surface area contributed by atoms with Gasteiger partial charge in [-0.05, 0) is 42.9 Å². The Labute approximate surface area is 136 Å². The molecule has 0 amide bonds. The van der Waals surface area contributed by atoms with Crippen LogP contribution in [0.3, 0.4) is 0 Å². The molecule has 0 radical (unpaired) electrons. The summed E-state index contributed by atoms with van der Waals surface area (Å²) in [5.74, 6) is 1.35. The van der Waals surface area contributed by atoms with Crippen LogP contribution in [0.25, 0.3) is 0 Å². The first-order valence-electron chi connectivity index (χ1n) is 6.09. The Kier molecular flexibility index (Phi) is 2.52. The van der Waals surface area contributed by atoms with Gasteiger partial charge in [0.1, 0.15) is 9.75 Å². The summed E-state index contributed by atoms with van der Waals surface area (Å²) in [6, 6.07) is 0. The van der Waals surface area contributed by atoms with Crippen molar-refractivity contribution in [2.45, 2.75) is 33.3 Å². The summed E-state index contributed by atoms with van der Waals surface area (Å²) >= 11 is 39.4. The second-order valence-corrected chi connectivity index (χ2v) is 9.29. The first-order valence-corrected chi connectivity index (χ1v) is 8.36. The molecule has 0 N–H and O–H groups in total. The second-order valence-electron chi connectivity index (χ2n) is 6.01. The van der Waals surface area contributed by atoms with Gasteiger partial charge in [0.25, 0.3) is 0 Å². The second kappa shape index (κ2) is 3.45. The Morgan fingerprint density at radius 2 is 1.17 bits per heavy atom. The maximum Gasteiger partial charge on any atom is 0.166 e. The largest absolute Gasteiger partial charge is 0.166 e. The predicted molar refractivity (Wildman–Crippen MR) is 78.1 cm³/mol. The minimum absolute atomic E-state index is 0.153. The van der Waals surface area contributed by atoms with Crippen LogP contribution in [0.5, 0.6) is 0 Å². The molecule has 100 valence electrons. The van der Waals surface area contributed by atoms with E-state index >= 15 is 0 Å². The topological polar surface area (TPSA) is 0 Å². The number of hydrogen-bond acceptors (Lipinski definition) is 0. The SMILES string of the molecule is ClC1=C(Cl)C2(Cl)C3C4CCC(C4)C3C1(Cl)C2(Cl)Cl. The van der Waals surface area contributed by atoms with Gasteiger partial charge in [-0.2, -0.15) is 0 Å². The van der Waals surface area contributed by atoms with Gasteiger partial charge in [-0.25, -0.2) is 0 Å². The zero-order chi connectivity index (χ0) is 13.1. The Morgan fingerprint density at radius 3 is 1.56 bits per heavy atom. The number of fused-ring (bicyclic) bond motifs is 9. The monoisotopic (exact) mass is 364 g/mol. The van der Waals surface area contributed by atoms with Crippen LogP contribution in [0, 0.1) is 23.7 Å². The van der Waals surface area contributed by atoms with Crippen molar-refractivity contribution in [2.24, 2.45) is 23.7 Å². The van der Waals surface area contributed by atoms with Gasteiger partial charge in [0, 0.05) is 0 Å². The molecule has 4 rings (SSSR count). The highest BCUT2D eigenvalue weighted by atomic mass is 35.5. The van der Waals surface area contributed by atoms with E-state index in [-0.39, 0.29) is 11.8 Å². The average Bonchev–Trinajstić information content (AvgIpc) is 2.97. The van der Waals surface area contributed by atoms with Gasteiger partial charge >= 0.3 is 0 Å². The fourth-order valence-electron chi connectivity index (χ4n) is 5.01. The van der Waals surface area contributed by atoms with Crippen molar-refractivity contribution in [3.05, 3.63) is 10.1 Å². The highest BCUT2D eigenvalue weighted by molar-refractivity contribution is 6.65. The maximum absolute atomic E-state index is 6.80. The van der Waals surface area contributed by atoms with Crippen molar-refractivity contribution in [2.75, 3.05) is 0 Å². The fraction of sp³-hybridized carbons (Fsp3) is 0.833. The molecule has 0 aliphatic heterocycles. The van der Waals surface area contributed by atoms with Gasteiger partial charge in [0.05, 0.1) is 10.1 Å². The molecule has 4 aliphatic carbocycles. The van der Waals surface area contributed by atoms with Gasteiger partial charge < -0.3 is 0 Å². The van der Waals surface area contributed by atoms with Crippen molar-refractivity contribution >= 4 is 69.6 Å². The first kappa shape index (κ1) is 13.2. The number of hydrogen-bond donors (Lipinski definition) is 0. The normalized spacial score (nSPS) is 59.7. The number of alkyl halides is 4. The maximum atomic E-state index is 6.80. The smallest absolute Gasteiger partial charge is 0.109 e. The molecule has 6 unspecified atom stereocenters. The van der Waals surface area contributed by atoms with E-state index in [9.17, 15) is 0 Å². The van der Waals surface area contributed by atoms with Crippen molar-refractivity contribution < 1.29 is 0 Å². The summed E-state index contributed by atoms with van der Waals surface area (Å²) in [5, 5.41) is 0.722. The third-order valence-electron chi connectivity index (χ3n) is 5.58. The van der Waals surface area contributed by atoms with Crippen molar-refractivity contribution in [3.63, 3.8) is 0 Å². The minimum Gasteiger partial charge on any atom is -0.109 e. The minimum atomic E-state index is -1.33. The molecular formula is C12H10Cl6. The van der Waals surface area contributed by atoms with Gasteiger partial charge in [-0.15, -0.1) is 23.2 Å². The zero-order valence-corrected chi connectivity index (χ0v) is 13.7. The molecule has 0 heterocycles. The lowest BCUT2D eigenvalue weighted by Crippen LogP contribution is -2.46. The van der Waals surface area contributed by atoms with E-state index in [4.69, 9.17) is 69.6 Å². The average molecular weight is 367 g/mol. The molecule has 0 aromatic carbocycles. The van der Waals surface area contributed by atoms with E-state index in [1.165, 1.54) is 12.8 Å². The Morgan fingerprint density at radius 1 is 0.778 bits per heavy atom. The Bertz CT molecular complexity index is 445. The highest BCUT2D eigenvalue weighted by Gasteiger charge is 2.85. The number of allylic oxidation sites excluding steroid dienone is 2. The van der Waals surface area contributed by atoms with Crippen LogP contribution >= 0.6 is 69.6 Å². The van der Waals surface area contributed by atoms with Crippen LogP contribution in [0.15, 0.2) is 10.1 Å². The standard InChI is InChI=1S/C12H10Cl6/c13-8-9(14)11(16)7-5-2-1-4(3-5)6(7)10(8,15)12(11,17)18/h4-7H,1-3H2. The van der Waals surface area contributed by atoms with Crippen LogP contribution in [-0.2, 0) is 0 Å². The molecule has 6 heteroatoms. The van der Waals surface area contributed by atoms with Gasteiger partial charge in [-0.1, -0.05) is 46.4 Å². The predicted octanol–water partition coefficient (Wildman–Crippen LogP) is 5.49. The van der Waals surface area contributed by atoms with Crippen LogP contribution in [0.1, 0.15) is 19.3 Å². The van der Waals surface area contributed by atoms with E-state index in [1.807, 2.05) is 0 Å². The van der Waals surface area contributed by atoms with Crippen molar-refractivity contribution in [3.8, 4) is 0 Å². The summed E-state index contributed by atoms with van der Waals surface area (Å²) in [5.41, 5.74) is 0. The molecule has 4 aliphatic rings. The summed E-state index contributed by atoms with van der Waals surface area (Å²) in [6.45, 7) is 0. The molecule has 0 aromatic rings. The fourth-order valence-corrected chi connectivity index (χ4v) is 8.18. The molecule has 3 saturated carbocycles. The van der Waals surface area contributed by atoms with E-state index in [2.05, 4.69) is 0 Å². The molecule has 0 saturated heterocycles. The Balaban J connectivity index is 2.01. The van der Waals surface area contributed by atoms with Gasteiger partial charge in [0.15, 0.2) is 4.33 Å². The molecule has 0 spiro atoms. The highest BCUT2D eigenvalue weighted by Crippen LogP contribution is 2.82. The molecule has 3 fully saturated rings.